The van der Waals surface area contributed by atoms with E-state index in [4.69, 9.17) is 4.42 Å². The number of hydrogen-bond donors (Lipinski definition) is 1. The molecule has 0 saturated heterocycles. The van der Waals surface area contributed by atoms with E-state index in [1.165, 1.54) is 0 Å². The molecule has 6 heteroatoms. The minimum absolute atomic E-state index is 0.107. The molecule has 0 aliphatic heterocycles. The normalized spacial score (nSPS) is 14.4. The van der Waals surface area contributed by atoms with Crippen molar-refractivity contribution in [3.63, 3.8) is 0 Å². The van der Waals surface area contributed by atoms with Crippen LogP contribution in [-0.2, 0) is 0 Å². The Hall–Kier alpha value is -0.750. The van der Waals surface area contributed by atoms with Crippen LogP contribution in [-0.4, -0.2) is 41.8 Å². The van der Waals surface area contributed by atoms with Crippen molar-refractivity contribution >= 4 is 17.8 Å². The molecule has 0 radical (unpaired) electrons. The highest BCUT2D eigenvalue weighted by atomic mass is 32.2. The number of rotatable bonds is 9. The highest BCUT2D eigenvalue weighted by molar-refractivity contribution is 7.98. The van der Waals surface area contributed by atoms with Gasteiger partial charge in [0.1, 0.15) is 0 Å². The third kappa shape index (κ3) is 4.69. The number of nitrogens with one attached hydrogen (secondary N) is 1. The highest BCUT2D eigenvalue weighted by Crippen LogP contribution is 2.20. The van der Waals surface area contributed by atoms with E-state index in [9.17, 15) is 0 Å². The minimum Gasteiger partial charge on any atom is -0.406 e. The Labute approximate surface area is 120 Å². The molecule has 2 atom stereocenters. The van der Waals surface area contributed by atoms with E-state index in [0.717, 1.165) is 25.1 Å². The van der Waals surface area contributed by atoms with E-state index in [2.05, 4.69) is 40.5 Å². The first kappa shape index (κ1) is 16.3. The standard InChI is InChI=1S/C13H26N4OS/c1-6-8-14-10(3)12-15-16-13(18-12)17(4)11(7-2)9-19-5/h10-11,14H,6-9H2,1-5H3. The maximum atomic E-state index is 5.77. The number of thioether (sulfide) groups is 1. The van der Waals surface area contributed by atoms with Gasteiger partial charge in [0.2, 0.25) is 5.89 Å². The van der Waals surface area contributed by atoms with Gasteiger partial charge in [0.25, 0.3) is 0 Å². The summed E-state index contributed by atoms with van der Waals surface area (Å²) in [6, 6.07) is 1.15. The fourth-order valence-corrected chi connectivity index (χ4v) is 2.69. The summed E-state index contributed by atoms with van der Waals surface area (Å²) < 4.78 is 5.77. The van der Waals surface area contributed by atoms with Crippen molar-refractivity contribution in [3.05, 3.63) is 5.89 Å². The number of nitrogens with zero attached hydrogens (tertiary/aromatic N) is 3. The Balaban J connectivity index is 2.66. The fourth-order valence-electron chi connectivity index (χ4n) is 1.84. The van der Waals surface area contributed by atoms with Gasteiger partial charge in [-0.25, -0.2) is 0 Å². The van der Waals surface area contributed by atoms with E-state index in [1.807, 2.05) is 25.7 Å². The van der Waals surface area contributed by atoms with Crippen molar-refractivity contribution in [2.24, 2.45) is 0 Å². The molecule has 0 spiro atoms. The van der Waals surface area contributed by atoms with Gasteiger partial charge in [-0.3, -0.25) is 0 Å². The molecule has 1 aromatic heterocycles. The monoisotopic (exact) mass is 286 g/mol. The lowest BCUT2D eigenvalue weighted by Gasteiger charge is -2.24. The molecule has 110 valence electrons. The Morgan fingerprint density at radius 1 is 1.37 bits per heavy atom. The summed E-state index contributed by atoms with van der Waals surface area (Å²) in [5.41, 5.74) is 0. The first-order valence-electron chi connectivity index (χ1n) is 6.92. The molecular weight excluding hydrogens is 260 g/mol. The van der Waals surface area contributed by atoms with Crippen molar-refractivity contribution in [2.45, 2.75) is 45.7 Å². The highest BCUT2D eigenvalue weighted by Gasteiger charge is 2.20. The predicted octanol–water partition coefficient (Wildman–Crippen LogP) is 2.71. The van der Waals surface area contributed by atoms with Gasteiger partial charge in [0.05, 0.1) is 6.04 Å². The van der Waals surface area contributed by atoms with Crippen molar-refractivity contribution < 1.29 is 4.42 Å². The van der Waals surface area contributed by atoms with Gasteiger partial charge in [0.15, 0.2) is 0 Å². The average Bonchev–Trinajstić information content (AvgIpc) is 2.91. The molecule has 0 amide bonds. The van der Waals surface area contributed by atoms with Crippen molar-refractivity contribution in [2.75, 3.05) is 30.5 Å². The molecule has 1 aromatic rings. The van der Waals surface area contributed by atoms with Crippen molar-refractivity contribution in [3.8, 4) is 0 Å². The molecule has 0 fully saturated rings. The smallest absolute Gasteiger partial charge is 0.318 e. The number of hydrogen-bond acceptors (Lipinski definition) is 6. The average molecular weight is 286 g/mol. The zero-order valence-corrected chi connectivity index (χ0v) is 13.5. The van der Waals surface area contributed by atoms with E-state index >= 15 is 0 Å². The molecule has 0 saturated carbocycles. The molecule has 2 unspecified atom stereocenters. The van der Waals surface area contributed by atoms with Crippen molar-refractivity contribution in [1.82, 2.24) is 15.5 Å². The summed E-state index contributed by atoms with van der Waals surface area (Å²) in [6.07, 6.45) is 4.28. The quantitative estimate of drug-likeness (QED) is 0.753. The lowest BCUT2D eigenvalue weighted by molar-refractivity contribution is 0.411. The second-order valence-corrected chi connectivity index (χ2v) is 5.64. The van der Waals surface area contributed by atoms with Crippen molar-refractivity contribution in [1.29, 1.82) is 0 Å². The minimum atomic E-state index is 0.107. The van der Waals surface area contributed by atoms with Crippen LogP contribution in [0.1, 0.15) is 45.5 Å². The van der Waals surface area contributed by atoms with Crippen LogP contribution >= 0.6 is 11.8 Å². The SMILES string of the molecule is CCCNC(C)c1nnc(N(C)C(CC)CSC)o1. The first-order chi connectivity index (χ1) is 9.13. The molecule has 1 heterocycles. The molecule has 1 N–H and O–H groups in total. The third-order valence-corrected chi connectivity index (χ3v) is 3.90. The van der Waals surface area contributed by atoms with Crippen LogP contribution in [0.15, 0.2) is 4.42 Å². The van der Waals surface area contributed by atoms with Gasteiger partial charge in [-0.1, -0.05) is 18.9 Å². The van der Waals surface area contributed by atoms with Gasteiger partial charge in [-0.2, -0.15) is 11.8 Å². The van der Waals surface area contributed by atoms with Crippen LogP contribution in [0.25, 0.3) is 0 Å². The summed E-state index contributed by atoms with van der Waals surface area (Å²) >= 11 is 1.84. The second kappa shape index (κ2) is 8.43. The van der Waals surface area contributed by atoms with Gasteiger partial charge in [0, 0.05) is 18.8 Å². The van der Waals surface area contributed by atoms with Crippen LogP contribution in [0.3, 0.4) is 0 Å². The summed E-state index contributed by atoms with van der Waals surface area (Å²) in [6.45, 7) is 7.33. The Morgan fingerprint density at radius 2 is 2.11 bits per heavy atom. The largest absolute Gasteiger partial charge is 0.406 e. The lowest BCUT2D eigenvalue weighted by atomic mass is 10.2. The van der Waals surface area contributed by atoms with E-state index in [1.54, 1.807) is 0 Å². The molecule has 0 bridgehead atoms. The predicted molar refractivity (Wildman–Crippen MR) is 81.9 cm³/mol. The number of aromatic nitrogens is 2. The molecular formula is C13H26N4OS. The Morgan fingerprint density at radius 3 is 2.68 bits per heavy atom. The summed E-state index contributed by atoms with van der Waals surface area (Å²) in [5.74, 6) is 1.73. The maximum absolute atomic E-state index is 5.77. The topological polar surface area (TPSA) is 54.2 Å². The zero-order chi connectivity index (χ0) is 14.3. The molecule has 0 aliphatic rings. The first-order valence-corrected chi connectivity index (χ1v) is 8.31. The maximum Gasteiger partial charge on any atom is 0.318 e. The Bertz CT molecular complexity index is 358. The summed E-state index contributed by atoms with van der Waals surface area (Å²) in [7, 11) is 2.02. The van der Waals surface area contributed by atoms with Crippen LogP contribution in [0.2, 0.25) is 0 Å². The van der Waals surface area contributed by atoms with Gasteiger partial charge >= 0.3 is 6.01 Å². The third-order valence-electron chi connectivity index (χ3n) is 3.18. The zero-order valence-electron chi connectivity index (χ0n) is 12.6. The van der Waals surface area contributed by atoms with Gasteiger partial charge in [-0.05, 0) is 32.6 Å². The molecule has 0 aliphatic carbocycles. The second-order valence-electron chi connectivity index (χ2n) is 4.73. The van der Waals surface area contributed by atoms with Crippen LogP contribution in [0, 0.1) is 0 Å². The number of anilines is 1. The van der Waals surface area contributed by atoms with Crippen LogP contribution in [0.4, 0.5) is 6.01 Å². The Kier molecular flexibility index (Phi) is 7.23. The van der Waals surface area contributed by atoms with Gasteiger partial charge < -0.3 is 14.6 Å². The van der Waals surface area contributed by atoms with Crippen LogP contribution < -0.4 is 10.2 Å². The van der Waals surface area contributed by atoms with E-state index < -0.39 is 0 Å². The van der Waals surface area contributed by atoms with Gasteiger partial charge in [-0.15, -0.1) is 5.10 Å². The fraction of sp³-hybridized carbons (Fsp3) is 0.846. The van der Waals surface area contributed by atoms with Crippen LogP contribution in [0.5, 0.6) is 0 Å². The van der Waals surface area contributed by atoms with E-state index in [0.29, 0.717) is 17.9 Å². The molecule has 19 heavy (non-hydrogen) atoms. The molecule has 5 nitrogen and oxygen atoms in total. The lowest BCUT2D eigenvalue weighted by Crippen LogP contribution is -2.33. The molecule has 1 rings (SSSR count). The molecule has 0 aromatic carbocycles. The summed E-state index contributed by atoms with van der Waals surface area (Å²) in [5, 5.41) is 11.6. The van der Waals surface area contributed by atoms with E-state index in [-0.39, 0.29) is 6.04 Å². The summed E-state index contributed by atoms with van der Waals surface area (Å²) in [4.78, 5) is 2.08.